The van der Waals surface area contributed by atoms with Crippen molar-refractivity contribution in [2.75, 3.05) is 0 Å². The molecule has 0 bridgehead atoms. The monoisotopic (exact) mass is 601 g/mol. The van der Waals surface area contributed by atoms with E-state index < -0.39 is 6.04 Å². The van der Waals surface area contributed by atoms with Gasteiger partial charge in [0.1, 0.15) is 11.2 Å². The van der Waals surface area contributed by atoms with E-state index in [2.05, 4.69) is 84.9 Å². The third-order valence-corrected chi connectivity index (χ3v) is 9.51. The van der Waals surface area contributed by atoms with E-state index >= 15 is 0 Å². The van der Waals surface area contributed by atoms with Gasteiger partial charge in [-0.15, -0.1) is 0 Å². The van der Waals surface area contributed by atoms with E-state index in [1.807, 2.05) is 54.6 Å². The molecule has 0 aliphatic rings. The largest absolute Gasteiger partial charge is 0.455 e. The molecule has 0 amide bonds. The molecule has 10 aromatic rings. The lowest BCUT2D eigenvalue weighted by Crippen LogP contribution is -1.93. The molecule has 0 aliphatic carbocycles. The Hall–Kier alpha value is -6.18. The van der Waals surface area contributed by atoms with Crippen LogP contribution in [0.5, 0.6) is 0 Å². The van der Waals surface area contributed by atoms with Crippen LogP contribution in [-0.2, 0) is 0 Å². The second kappa shape index (κ2) is 10.2. The average molecular weight is 602 g/mol. The van der Waals surface area contributed by atoms with E-state index in [1.165, 1.54) is 0 Å². The molecular formula is C46H28O. The van der Waals surface area contributed by atoms with Gasteiger partial charge in [-0.3, -0.25) is 0 Å². The number of fused-ring (bicyclic) bond motifs is 8. The van der Waals surface area contributed by atoms with Crippen molar-refractivity contribution in [2.24, 2.45) is 0 Å². The van der Waals surface area contributed by atoms with Crippen LogP contribution in [0.2, 0.25) is 0 Å². The zero-order valence-electron chi connectivity index (χ0n) is 30.2. The minimum Gasteiger partial charge on any atom is -0.455 e. The standard InChI is InChI=1S/C46H28O/c1-2-13-29(14-3-1)40-27-31-16-4-5-17-32(31)28-41(40)44-36-21-10-8-19-34(36)43(35-20-9-11-22-37(35)44)38-23-12-24-42-45(38)39-26-25-30-15-6-7-18-33(30)46(39)47-42/h1-28H/i1D,2D,3D,13D,14D. The summed E-state index contributed by atoms with van der Waals surface area (Å²) >= 11 is 0. The molecule has 0 aliphatic heterocycles. The molecule has 1 nitrogen and oxygen atoms in total. The Kier molecular flexibility index (Phi) is 4.66. The summed E-state index contributed by atoms with van der Waals surface area (Å²) in [6.07, 6.45) is 0. The predicted octanol–water partition coefficient (Wildman–Crippen LogP) is 13.2. The highest BCUT2D eigenvalue weighted by Crippen LogP contribution is 2.49. The lowest BCUT2D eigenvalue weighted by atomic mass is 9.82. The van der Waals surface area contributed by atoms with Gasteiger partial charge in [0.25, 0.3) is 0 Å². The molecule has 0 spiro atoms. The number of rotatable bonds is 3. The van der Waals surface area contributed by atoms with Crippen molar-refractivity contribution in [2.45, 2.75) is 0 Å². The smallest absolute Gasteiger partial charge is 0.143 e. The average Bonchev–Trinajstić information content (AvgIpc) is 3.58. The van der Waals surface area contributed by atoms with E-state index in [-0.39, 0.29) is 29.7 Å². The third kappa shape index (κ3) is 3.90. The molecule has 9 aromatic carbocycles. The van der Waals surface area contributed by atoms with Crippen LogP contribution < -0.4 is 0 Å². The Labute approximate surface area is 279 Å². The molecule has 0 saturated heterocycles. The zero-order chi connectivity index (χ0) is 35.2. The van der Waals surface area contributed by atoms with E-state index in [9.17, 15) is 0 Å². The zero-order valence-corrected chi connectivity index (χ0v) is 25.2. The lowest BCUT2D eigenvalue weighted by Gasteiger charge is -2.20. The highest BCUT2D eigenvalue weighted by molar-refractivity contribution is 6.27. The number of furan rings is 1. The molecular weight excluding hydrogens is 569 g/mol. The van der Waals surface area contributed by atoms with Crippen LogP contribution in [0.15, 0.2) is 174 Å². The Balaban J connectivity index is 1.36. The summed E-state index contributed by atoms with van der Waals surface area (Å²) in [7, 11) is 0. The maximum absolute atomic E-state index is 9.01. The molecule has 0 atom stereocenters. The third-order valence-electron chi connectivity index (χ3n) is 9.51. The topological polar surface area (TPSA) is 13.1 Å². The van der Waals surface area contributed by atoms with Gasteiger partial charge in [0.2, 0.25) is 0 Å². The molecule has 47 heavy (non-hydrogen) atoms. The SMILES string of the molecule is [2H]c1c([2H])c([2H])c(-c2cc3ccccc3cc2-c2c3ccccc3c(-c3cccc4oc5c6ccccc6ccc5c34)c3ccccc23)c([2H])c1[2H]. The van der Waals surface area contributed by atoms with E-state index in [0.717, 1.165) is 87.3 Å². The van der Waals surface area contributed by atoms with Crippen LogP contribution in [0.4, 0.5) is 0 Å². The molecule has 0 saturated carbocycles. The van der Waals surface area contributed by atoms with Crippen LogP contribution >= 0.6 is 0 Å². The second-order valence-corrected chi connectivity index (χ2v) is 12.0. The maximum Gasteiger partial charge on any atom is 0.143 e. The minimum absolute atomic E-state index is 0.186. The van der Waals surface area contributed by atoms with E-state index in [0.29, 0.717) is 5.56 Å². The van der Waals surface area contributed by atoms with Crippen LogP contribution in [-0.4, -0.2) is 0 Å². The fourth-order valence-electron chi connectivity index (χ4n) is 7.51. The quantitative estimate of drug-likeness (QED) is 0.184. The predicted molar refractivity (Wildman–Crippen MR) is 200 cm³/mol. The summed E-state index contributed by atoms with van der Waals surface area (Å²) in [5.74, 6) is 0. The molecule has 10 rings (SSSR count). The lowest BCUT2D eigenvalue weighted by molar-refractivity contribution is 0.673. The normalized spacial score (nSPS) is 13.3. The maximum atomic E-state index is 9.01. The molecule has 1 heterocycles. The summed E-state index contributed by atoms with van der Waals surface area (Å²) in [6, 6.07) is 46.2. The van der Waals surface area contributed by atoms with Crippen LogP contribution in [0, 0.1) is 0 Å². The minimum atomic E-state index is -0.407. The summed E-state index contributed by atoms with van der Waals surface area (Å²) in [6.45, 7) is 0. The van der Waals surface area contributed by atoms with Gasteiger partial charge >= 0.3 is 0 Å². The molecule has 218 valence electrons. The highest BCUT2D eigenvalue weighted by atomic mass is 16.3. The van der Waals surface area contributed by atoms with Gasteiger partial charge in [-0.1, -0.05) is 145 Å². The highest BCUT2D eigenvalue weighted by Gasteiger charge is 2.22. The van der Waals surface area contributed by atoms with E-state index in [1.54, 1.807) is 0 Å². The van der Waals surface area contributed by atoms with Crippen molar-refractivity contribution < 1.29 is 11.3 Å². The van der Waals surface area contributed by atoms with Crippen molar-refractivity contribution in [3.63, 3.8) is 0 Å². The van der Waals surface area contributed by atoms with Gasteiger partial charge in [-0.05, 0) is 95.3 Å². The number of benzene rings is 9. The first-order chi connectivity index (χ1) is 25.4. The summed E-state index contributed by atoms with van der Waals surface area (Å²) < 4.78 is 50.0. The Morgan fingerprint density at radius 1 is 0.404 bits per heavy atom. The Bertz CT molecular complexity index is 3050. The van der Waals surface area contributed by atoms with Gasteiger partial charge in [0.05, 0.1) is 6.85 Å². The molecule has 0 unspecified atom stereocenters. The molecule has 1 aromatic heterocycles. The molecule has 0 radical (unpaired) electrons. The first-order valence-corrected chi connectivity index (χ1v) is 15.8. The fraction of sp³-hybridized carbons (Fsp3) is 0. The van der Waals surface area contributed by atoms with E-state index in [4.69, 9.17) is 11.3 Å². The summed E-state index contributed by atoms with van der Waals surface area (Å²) in [5.41, 5.74) is 6.35. The fourth-order valence-corrected chi connectivity index (χ4v) is 7.51. The molecule has 0 N–H and O–H groups in total. The van der Waals surface area contributed by atoms with Crippen molar-refractivity contribution in [1.29, 1.82) is 0 Å². The van der Waals surface area contributed by atoms with Crippen LogP contribution in [0.1, 0.15) is 6.85 Å². The van der Waals surface area contributed by atoms with Crippen molar-refractivity contribution in [3.8, 4) is 33.4 Å². The summed E-state index contributed by atoms with van der Waals surface area (Å²) in [5, 5.41) is 10.3. The Morgan fingerprint density at radius 2 is 0.957 bits per heavy atom. The van der Waals surface area contributed by atoms with Crippen molar-refractivity contribution in [1.82, 2.24) is 0 Å². The van der Waals surface area contributed by atoms with Gasteiger partial charge in [0, 0.05) is 16.2 Å². The number of hydrogen-bond donors (Lipinski definition) is 0. The van der Waals surface area contributed by atoms with Crippen LogP contribution in [0.25, 0.3) is 98.4 Å². The van der Waals surface area contributed by atoms with Gasteiger partial charge in [-0.25, -0.2) is 0 Å². The summed E-state index contributed by atoms with van der Waals surface area (Å²) in [4.78, 5) is 0. The first-order valence-electron chi connectivity index (χ1n) is 18.3. The van der Waals surface area contributed by atoms with Crippen molar-refractivity contribution in [3.05, 3.63) is 170 Å². The van der Waals surface area contributed by atoms with Gasteiger partial charge < -0.3 is 4.42 Å². The molecule has 1 heteroatoms. The Morgan fingerprint density at radius 3 is 1.62 bits per heavy atom. The van der Waals surface area contributed by atoms with Gasteiger partial charge in [-0.2, -0.15) is 0 Å². The second-order valence-electron chi connectivity index (χ2n) is 12.0. The van der Waals surface area contributed by atoms with Crippen LogP contribution in [0.3, 0.4) is 0 Å². The van der Waals surface area contributed by atoms with Gasteiger partial charge in [0.15, 0.2) is 0 Å². The first kappa shape index (κ1) is 21.5. The molecule has 0 fully saturated rings. The van der Waals surface area contributed by atoms with Crippen molar-refractivity contribution >= 4 is 65.0 Å². The number of hydrogen-bond acceptors (Lipinski definition) is 1.